The van der Waals surface area contributed by atoms with Crippen molar-refractivity contribution in [2.75, 3.05) is 13.1 Å². The monoisotopic (exact) mass is 411 g/mol. The molecule has 31 heavy (non-hydrogen) atoms. The zero-order valence-electron chi connectivity index (χ0n) is 17.7. The molecular weight excluding hydrogens is 386 g/mol. The third kappa shape index (κ3) is 4.39. The van der Waals surface area contributed by atoms with Crippen molar-refractivity contribution in [2.45, 2.75) is 25.8 Å². The minimum Gasteiger partial charge on any atom is -0.299 e. The second kappa shape index (κ2) is 8.40. The lowest BCUT2D eigenvalue weighted by atomic mass is 10.0. The molecule has 4 heterocycles. The number of likely N-dealkylation sites (tertiary alicyclic amines) is 1. The van der Waals surface area contributed by atoms with Gasteiger partial charge in [-0.2, -0.15) is 5.10 Å². The second-order valence-corrected chi connectivity index (χ2v) is 8.25. The number of Topliss-reactive ketones (excluding diaryl/α,β-unsaturated/α-hetero) is 1. The van der Waals surface area contributed by atoms with Crippen LogP contribution in [0.5, 0.6) is 0 Å². The minimum absolute atomic E-state index is 0.0820. The molecule has 4 aromatic rings. The van der Waals surface area contributed by atoms with Gasteiger partial charge in [0.05, 0.1) is 29.5 Å². The summed E-state index contributed by atoms with van der Waals surface area (Å²) in [5.74, 6) is 0.0820. The Morgan fingerprint density at radius 1 is 1.06 bits per heavy atom. The summed E-state index contributed by atoms with van der Waals surface area (Å²) >= 11 is 0. The lowest BCUT2D eigenvalue weighted by Gasteiger charge is -2.15. The highest BCUT2D eigenvalue weighted by atomic mass is 16.1. The van der Waals surface area contributed by atoms with Crippen molar-refractivity contribution < 1.29 is 4.79 Å². The third-order valence-electron chi connectivity index (χ3n) is 5.83. The number of aryl methyl sites for hydroxylation is 1. The number of pyridine rings is 2. The molecule has 1 fully saturated rings. The SMILES string of the molecule is Cn1cc(-c2ccc3cnc(CC(=O)c4cccc(CN5CCCC5)c4)cc3n2)cn1. The summed E-state index contributed by atoms with van der Waals surface area (Å²) in [5.41, 5.74) is 5.34. The molecule has 1 aliphatic rings. The highest BCUT2D eigenvalue weighted by molar-refractivity contribution is 5.97. The molecule has 0 aliphatic carbocycles. The van der Waals surface area contributed by atoms with Crippen molar-refractivity contribution in [1.82, 2.24) is 24.6 Å². The fourth-order valence-electron chi connectivity index (χ4n) is 4.18. The van der Waals surface area contributed by atoms with Crippen LogP contribution in [0, 0.1) is 0 Å². The maximum absolute atomic E-state index is 12.9. The number of fused-ring (bicyclic) bond motifs is 1. The van der Waals surface area contributed by atoms with E-state index in [-0.39, 0.29) is 12.2 Å². The first-order chi connectivity index (χ1) is 15.1. The molecule has 0 radical (unpaired) electrons. The van der Waals surface area contributed by atoms with Gasteiger partial charge in [-0.1, -0.05) is 18.2 Å². The average Bonchev–Trinajstić information content (AvgIpc) is 3.45. The average molecular weight is 412 g/mol. The van der Waals surface area contributed by atoms with Crippen LogP contribution in [-0.4, -0.2) is 43.5 Å². The number of aromatic nitrogens is 4. The fraction of sp³-hybridized carbons (Fsp3) is 0.280. The maximum Gasteiger partial charge on any atom is 0.168 e. The van der Waals surface area contributed by atoms with Crippen LogP contribution in [0.15, 0.2) is 61.1 Å². The Morgan fingerprint density at radius 2 is 1.94 bits per heavy atom. The number of nitrogens with zero attached hydrogens (tertiary/aromatic N) is 5. The summed E-state index contributed by atoms with van der Waals surface area (Å²) in [6.07, 6.45) is 8.33. The van der Waals surface area contributed by atoms with E-state index < -0.39 is 0 Å². The van der Waals surface area contributed by atoms with Crippen LogP contribution in [0.1, 0.15) is 34.5 Å². The van der Waals surface area contributed by atoms with Crippen molar-refractivity contribution >= 4 is 16.7 Å². The van der Waals surface area contributed by atoms with E-state index in [9.17, 15) is 4.79 Å². The van der Waals surface area contributed by atoms with Crippen molar-refractivity contribution in [3.8, 4) is 11.3 Å². The summed E-state index contributed by atoms with van der Waals surface area (Å²) in [6.45, 7) is 3.21. The first-order valence-corrected chi connectivity index (χ1v) is 10.7. The smallest absolute Gasteiger partial charge is 0.168 e. The van der Waals surface area contributed by atoms with Gasteiger partial charge in [-0.3, -0.25) is 19.4 Å². The van der Waals surface area contributed by atoms with Crippen molar-refractivity contribution in [3.63, 3.8) is 0 Å². The van der Waals surface area contributed by atoms with Crippen LogP contribution in [0.2, 0.25) is 0 Å². The molecule has 0 amide bonds. The Bertz CT molecular complexity index is 1240. The predicted octanol–water partition coefficient (Wildman–Crippen LogP) is 4.05. The van der Waals surface area contributed by atoms with Crippen LogP contribution in [0.25, 0.3) is 22.2 Å². The molecule has 0 atom stereocenters. The number of carbonyl (C=O) groups excluding carboxylic acids is 1. The molecule has 3 aromatic heterocycles. The van der Waals surface area contributed by atoms with Crippen molar-refractivity contribution in [3.05, 3.63) is 77.9 Å². The van der Waals surface area contributed by atoms with Crippen LogP contribution in [-0.2, 0) is 20.0 Å². The van der Waals surface area contributed by atoms with E-state index in [2.05, 4.69) is 21.0 Å². The molecule has 0 spiro atoms. The summed E-state index contributed by atoms with van der Waals surface area (Å²) in [5, 5.41) is 5.17. The minimum atomic E-state index is 0.0820. The highest BCUT2D eigenvalue weighted by Gasteiger charge is 2.14. The van der Waals surface area contributed by atoms with Gasteiger partial charge in [0.2, 0.25) is 0 Å². The predicted molar refractivity (Wildman–Crippen MR) is 121 cm³/mol. The topological polar surface area (TPSA) is 63.9 Å². The molecule has 1 aliphatic heterocycles. The summed E-state index contributed by atoms with van der Waals surface area (Å²) < 4.78 is 1.76. The van der Waals surface area contributed by atoms with Crippen molar-refractivity contribution in [1.29, 1.82) is 0 Å². The van der Waals surface area contributed by atoms with Crippen LogP contribution < -0.4 is 0 Å². The highest BCUT2D eigenvalue weighted by Crippen LogP contribution is 2.21. The Hall–Kier alpha value is -3.38. The van der Waals surface area contributed by atoms with Gasteiger partial charge in [0, 0.05) is 42.5 Å². The number of rotatable bonds is 6. The van der Waals surface area contributed by atoms with Crippen LogP contribution in [0.3, 0.4) is 0 Å². The Kier molecular flexibility index (Phi) is 5.30. The number of benzene rings is 1. The summed E-state index contributed by atoms with van der Waals surface area (Å²) in [4.78, 5) is 24.6. The molecular formula is C25H25N5O. The van der Waals surface area contributed by atoms with Crippen molar-refractivity contribution in [2.24, 2.45) is 7.05 Å². The van der Waals surface area contributed by atoms with Gasteiger partial charge in [0.25, 0.3) is 0 Å². The van der Waals surface area contributed by atoms with Gasteiger partial charge >= 0.3 is 0 Å². The van der Waals surface area contributed by atoms with E-state index in [1.807, 2.05) is 49.6 Å². The van der Waals surface area contributed by atoms with E-state index >= 15 is 0 Å². The van der Waals surface area contributed by atoms with E-state index in [0.29, 0.717) is 0 Å². The lowest BCUT2D eigenvalue weighted by Crippen LogP contribution is -2.18. The Balaban J connectivity index is 1.35. The zero-order valence-corrected chi connectivity index (χ0v) is 17.7. The molecule has 6 heteroatoms. The fourth-order valence-corrected chi connectivity index (χ4v) is 4.18. The quantitative estimate of drug-likeness (QED) is 0.448. The number of hydrogen-bond donors (Lipinski definition) is 0. The number of hydrogen-bond acceptors (Lipinski definition) is 5. The molecule has 1 aromatic carbocycles. The molecule has 6 nitrogen and oxygen atoms in total. The largest absolute Gasteiger partial charge is 0.299 e. The van der Waals surface area contributed by atoms with Gasteiger partial charge in [-0.25, -0.2) is 4.98 Å². The molecule has 0 unspecified atom stereocenters. The van der Waals surface area contributed by atoms with Gasteiger partial charge < -0.3 is 0 Å². The molecule has 1 saturated heterocycles. The molecule has 0 saturated carbocycles. The first kappa shape index (κ1) is 19.6. The van der Waals surface area contributed by atoms with Gasteiger partial charge in [0.15, 0.2) is 5.78 Å². The van der Waals surface area contributed by atoms with E-state index in [1.165, 1.54) is 18.4 Å². The molecule has 156 valence electrons. The Morgan fingerprint density at radius 3 is 2.74 bits per heavy atom. The number of ketones is 1. The normalized spacial score (nSPS) is 14.4. The second-order valence-electron chi connectivity index (χ2n) is 8.25. The zero-order chi connectivity index (χ0) is 21.2. The van der Waals surface area contributed by atoms with E-state index in [0.717, 1.165) is 53.1 Å². The van der Waals surface area contributed by atoms with Crippen LogP contribution in [0.4, 0.5) is 0 Å². The first-order valence-electron chi connectivity index (χ1n) is 10.7. The molecule has 5 rings (SSSR count). The molecule has 0 N–H and O–H groups in total. The van der Waals surface area contributed by atoms with Gasteiger partial charge in [-0.05, 0) is 55.8 Å². The standard InChI is InChI=1S/C25H25N5O/c1-29-17-21(15-27-29)23-8-7-20-14-26-22(12-24(20)28-23)13-25(31)19-6-4-5-18(11-19)16-30-9-2-3-10-30/h4-8,11-12,14-15,17H,2-3,9-10,13,16H2,1H3. The maximum atomic E-state index is 12.9. The van der Waals surface area contributed by atoms with Crippen LogP contribution >= 0.6 is 0 Å². The van der Waals surface area contributed by atoms with Gasteiger partial charge in [0.1, 0.15) is 0 Å². The summed E-state index contributed by atoms with van der Waals surface area (Å²) in [7, 11) is 1.89. The number of carbonyl (C=O) groups is 1. The van der Waals surface area contributed by atoms with Gasteiger partial charge in [-0.15, -0.1) is 0 Å². The lowest BCUT2D eigenvalue weighted by molar-refractivity contribution is 0.0992. The van der Waals surface area contributed by atoms with E-state index in [4.69, 9.17) is 4.98 Å². The molecule has 0 bridgehead atoms. The Labute approximate surface area is 181 Å². The summed E-state index contributed by atoms with van der Waals surface area (Å²) in [6, 6.07) is 13.9. The van der Waals surface area contributed by atoms with E-state index in [1.54, 1.807) is 17.1 Å². The third-order valence-corrected chi connectivity index (χ3v) is 5.83.